The highest BCUT2D eigenvalue weighted by Gasteiger charge is 2.28. The molecule has 0 aliphatic rings. The summed E-state index contributed by atoms with van der Waals surface area (Å²) in [4.78, 5) is 40.1. The summed E-state index contributed by atoms with van der Waals surface area (Å²) in [6.07, 6.45) is 2.94. The Balaban J connectivity index is 1.83. The summed E-state index contributed by atoms with van der Waals surface area (Å²) in [5.74, 6) is -2.42. The molecule has 9 heteroatoms. The Morgan fingerprint density at radius 1 is 1.27 bits per heavy atom. The number of pyridine rings is 1. The molecule has 0 radical (unpaired) electrons. The van der Waals surface area contributed by atoms with Gasteiger partial charge in [0.2, 0.25) is 5.78 Å². The molecule has 3 aromatic heterocycles. The predicted molar refractivity (Wildman–Crippen MR) is 93.2 cm³/mol. The monoisotopic (exact) mass is 370 g/mol. The molecule has 2 amide bonds. The quantitative estimate of drug-likeness (QED) is 0.601. The Morgan fingerprint density at radius 3 is 2.77 bits per heavy atom. The van der Waals surface area contributed by atoms with Crippen molar-refractivity contribution >= 4 is 28.9 Å². The van der Waals surface area contributed by atoms with E-state index in [0.717, 1.165) is 5.56 Å². The largest absolute Gasteiger partial charge is 0.363 e. The van der Waals surface area contributed by atoms with Gasteiger partial charge in [0.1, 0.15) is 17.3 Å². The Hall–Kier alpha value is -3.33. The van der Waals surface area contributed by atoms with E-state index in [0.29, 0.717) is 5.69 Å². The molecule has 8 nitrogen and oxygen atoms in total. The van der Waals surface area contributed by atoms with E-state index in [2.05, 4.69) is 15.5 Å². The number of hydrogen-bond acceptors (Lipinski definition) is 7. The average molecular weight is 370 g/mol. The van der Waals surface area contributed by atoms with Crippen molar-refractivity contribution in [2.75, 3.05) is 0 Å². The molecular formula is C17H14N4O4S. The van der Waals surface area contributed by atoms with Crippen molar-refractivity contribution in [1.29, 1.82) is 0 Å². The first-order valence-electron chi connectivity index (χ1n) is 7.58. The van der Waals surface area contributed by atoms with Crippen LogP contribution < -0.4 is 11.1 Å². The molecule has 132 valence electrons. The van der Waals surface area contributed by atoms with Crippen molar-refractivity contribution < 1.29 is 18.9 Å². The van der Waals surface area contributed by atoms with Crippen LogP contribution in [0.5, 0.6) is 0 Å². The summed E-state index contributed by atoms with van der Waals surface area (Å²) in [5.41, 5.74) is 6.44. The number of hydrogen-bond donors (Lipinski definition) is 2. The van der Waals surface area contributed by atoms with Crippen LogP contribution >= 0.6 is 11.3 Å². The summed E-state index contributed by atoms with van der Waals surface area (Å²) < 4.78 is 5.12. The van der Waals surface area contributed by atoms with Gasteiger partial charge < -0.3 is 15.6 Å². The Labute approximate surface area is 152 Å². The van der Waals surface area contributed by atoms with Crippen LogP contribution in [0.2, 0.25) is 0 Å². The molecule has 0 aliphatic heterocycles. The number of primary amides is 1. The molecule has 0 fully saturated rings. The average Bonchev–Trinajstić information content (AvgIpc) is 3.32. The van der Waals surface area contributed by atoms with E-state index in [9.17, 15) is 14.4 Å². The SMILES string of the molecule is NC(=O)C(=O)C(Cc1ccsc1)NC(=O)c1cnoc1-c1ccccn1. The van der Waals surface area contributed by atoms with Crippen LogP contribution in [-0.4, -0.2) is 33.8 Å². The number of aromatic nitrogens is 2. The first-order valence-corrected chi connectivity index (χ1v) is 8.52. The van der Waals surface area contributed by atoms with Gasteiger partial charge in [0.25, 0.3) is 11.8 Å². The van der Waals surface area contributed by atoms with E-state index in [1.54, 1.807) is 30.5 Å². The fraction of sp³-hybridized carbons (Fsp3) is 0.118. The number of ketones is 1. The minimum absolute atomic E-state index is 0.108. The third-order valence-corrected chi connectivity index (χ3v) is 4.33. The highest BCUT2D eigenvalue weighted by molar-refractivity contribution is 7.07. The lowest BCUT2D eigenvalue weighted by Gasteiger charge is -2.15. The van der Waals surface area contributed by atoms with Crippen molar-refractivity contribution in [3.63, 3.8) is 0 Å². The third-order valence-electron chi connectivity index (χ3n) is 3.60. The molecule has 3 aromatic rings. The van der Waals surface area contributed by atoms with Crippen LogP contribution in [0.3, 0.4) is 0 Å². The summed E-state index contributed by atoms with van der Waals surface area (Å²) >= 11 is 1.44. The number of amides is 2. The number of rotatable bonds is 7. The molecular weight excluding hydrogens is 356 g/mol. The van der Waals surface area contributed by atoms with Crippen LogP contribution in [0.1, 0.15) is 15.9 Å². The zero-order valence-electron chi connectivity index (χ0n) is 13.4. The first-order chi connectivity index (χ1) is 12.6. The van der Waals surface area contributed by atoms with E-state index in [1.165, 1.54) is 17.5 Å². The molecule has 1 unspecified atom stereocenters. The van der Waals surface area contributed by atoms with Gasteiger partial charge in [0.05, 0.1) is 6.20 Å². The molecule has 3 N–H and O–H groups in total. The number of nitrogens with two attached hydrogens (primary N) is 1. The minimum atomic E-state index is -1.11. The van der Waals surface area contributed by atoms with Gasteiger partial charge in [0.15, 0.2) is 5.76 Å². The summed E-state index contributed by atoms with van der Waals surface area (Å²) in [6.45, 7) is 0. The normalized spacial score (nSPS) is 11.7. The first kappa shape index (κ1) is 17.5. The van der Waals surface area contributed by atoms with Gasteiger partial charge in [-0.2, -0.15) is 11.3 Å². The molecule has 3 heterocycles. The second-order valence-corrected chi connectivity index (χ2v) is 6.15. The molecule has 0 spiro atoms. The van der Waals surface area contributed by atoms with Gasteiger partial charge in [-0.25, -0.2) is 0 Å². The lowest BCUT2D eigenvalue weighted by atomic mass is 10.0. The van der Waals surface area contributed by atoms with Crippen LogP contribution in [0.4, 0.5) is 0 Å². The van der Waals surface area contributed by atoms with E-state index in [-0.39, 0.29) is 17.7 Å². The van der Waals surface area contributed by atoms with Crippen molar-refractivity contribution in [2.24, 2.45) is 5.73 Å². The third kappa shape index (κ3) is 3.83. The van der Waals surface area contributed by atoms with Crippen LogP contribution in [0.15, 0.2) is 51.9 Å². The zero-order valence-corrected chi connectivity index (χ0v) is 14.2. The Bertz CT molecular complexity index is 921. The fourth-order valence-electron chi connectivity index (χ4n) is 2.34. The number of Topliss-reactive ketones (excluding diaryl/α,β-unsaturated/α-hetero) is 1. The minimum Gasteiger partial charge on any atom is -0.363 e. The van der Waals surface area contributed by atoms with Crippen molar-refractivity contribution in [1.82, 2.24) is 15.5 Å². The van der Waals surface area contributed by atoms with Gasteiger partial charge >= 0.3 is 0 Å². The number of carbonyl (C=O) groups is 3. The Kier molecular flexibility index (Phi) is 5.18. The summed E-state index contributed by atoms with van der Waals surface area (Å²) in [5, 5.41) is 9.83. The number of nitrogens with one attached hydrogen (secondary N) is 1. The van der Waals surface area contributed by atoms with Crippen molar-refractivity contribution in [3.05, 3.63) is 58.5 Å². The molecule has 0 aromatic carbocycles. The van der Waals surface area contributed by atoms with Gasteiger partial charge in [-0.15, -0.1) is 0 Å². The van der Waals surface area contributed by atoms with Crippen molar-refractivity contribution in [2.45, 2.75) is 12.5 Å². The maximum Gasteiger partial charge on any atom is 0.287 e. The van der Waals surface area contributed by atoms with Gasteiger partial charge in [0, 0.05) is 12.6 Å². The fourth-order valence-corrected chi connectivity index (χ4v) is 3.03. The molecule has 0 saturated heterocycles. The van der Waals surface area contributed by atoms with Crippen LogP contribution in [0, 0.1) is 0 Å². The second kappa shape index (κ2) is 7.70. The maximum absolute atomic E-state index is 12.6. The van der Waals surface area contributed by atoms with Gasteiger partial charge in [-0.05, 0) is 34.5 Å². The molecule has 1 atom stereocenters. The van der Waals surface area contributed by atoms with Gasteiger partial charge in [-0.1, -0.05) is 11.2 Å². The number of carbonyl (C=O) groups excluding carboxylic acids is 3. The number of nitrogens with zero attached hydrogens (tertiary/aromatic N) is 2. The smallest absolute Gasteiger partial charge is 0.287 e. The van der Waals surface area contributed by atoms with E-state index in [4.69, 9.17) is 10.3 Å². The predicted octanol–water partition coefficient (Wildman–Crippen LogP) is 1.19. The molecule has 0 bridgehead atoms. The van der Waals surface area contributed by atoms with E-state index >= 15 is 0 Å². The van der Waals surface area contributed by atoms with E-state index in [1.807, 2.05) is 10.8 Å². The maximum atomic E-state index is 12.6. The van der Waals surface area contributed by atoms with Gasteiger partial charge in [-0.3, -0.25) is 19.4 Å². The molecule has 0 saturated carbocycles. The molecule has 3 rings (SSSR count). The summed E-state index contributed by atoms with van der Waals surface area (Å²) in [6, 6.07) is 5.84. The number of thiophene rings is 1. The molecule has 0 aliphatic carbocycles. The zero-order chi connectivity index (χ0) is 18.5. The van der Waals surface area contributed by atoms with E-state index < -0.39 is 23.6 Å². The summed E-state index contributed by atoms with van der Waals surface area (Å²) in [7, 11) is 0. The lowest BCUT2D eigenvalue weighted by Crippen LogP contribution is -2.47. The van der Waals surface area contributed by atoms with Crippen LogP contribution in [-0.2, 0) is 16.0 Å². The van der Waals surface area contributed by atoms with Crippen LogP contribution in [0.25, 0.3) is 11.5 Å². The Morgan fingerprint density at radius 2 is 2.12 bits per heavy atom. The van der Waals surface area contributed by atoms with Crippen molar-refractivity contribution in [3.8, 4) is 11.5 Å². The second-order valence-electron chi connectivity index (χ2n) is 5.37. The molecule has 26 heavy (non-hydrogen) atoms. The highest BCUT2D eigenvalue weighted by Crippen LogP contribution is 2.21. The highest BCUT2D eigenvalue weighted by atomic mass is 32.1. The topological polar surface area (TPSA) is 128 Å². The lowest BCUT2D eigenvalue weighted by molar-refractivity contribution is -0.137. The standard InChI is InChI=1S/C17H14N4O4S/c18-16(23)14(22)13(7-10-4-6-26-9-10)21-17(24)11-8-20-25-15(11)12-3-1-2-5-19-12/h1-6,8-9,13H,7H2,(H2,18,23)(H,21,24).